The zero-order valence-electron chi connectivity index (χ0n) is 30.7. The van der Waals surface area contributed by atoms with Crippen molar-refractivity contribution in [2.45, 2.75) is 64.6 Å². The van der Waals surface area contributed by atoms with Gasteiger partial charge in [0.1, 0.15) is 17.7 Å². The van der Waals surface area contributed by atoms with Crippen LogP contribution in [0.15, 0.2) is 61.1 Å². The molecule has 0 saturated carbocycles. The first-order valence-electron chi connectivity index (χ1n) is 18.3. The van der Waals surface area contributed by atoms with Gasteiger partial charge < -0.3 is 30.2 Å². The van der Waals surface area contributed by atoms with E-state index >= 15 is 0 Å². The molecule has 7 rings (SSSR count). The third kappa shape index (κ3) is 7.25. The predicted octanol–water partition coefficient (Wildman–Crippen LogP) is 5.17. The molecule has 3 atom stereocenters. The maximum atomic E-state index is 13.6. The zero-order valence-corrected chi connectivity index (χ0v) is 30.7. The number of amides is 4. The van der Waals surface area contributed by atoms with Gasteiger partial charge in [0.05, 0.1) is 59.1 Å². The van der Waals surface area contributed by atoms with E-state index in [4.69, 9.17) is 15.0 Å². The number of aromatic nitrogens is 6. The maximum absolute atomic E-state index is 13.6. The van der Waals surface area contributed by atoms with Crippen molar-refractivity contribution in [2.75, 3.05) is 26.7 Å². The maximum Gasteiger partial charge on any atom is 0.407 e. The Labute approximate surface area is 312 Å². The van der Waals surface area contributed by atoms with Crippen molar-refractivity contribution in [3.8, 4) is 33.8 Å². The summed E-state index contributed by atoms with van der Waals surface area (Å²) in [5.74, 6) is 0.651. The summed E-state index contributed by atoms with van der Waals surface area (Å²) in [7, 11) is 1.44. The number of hydrogen-bond acceptors (Lipinski definition) is 8. The lowest BCUT2D eigenvalue weighted by Gasteiger charge is -2.33. The first-order chi connectivity index (χ1) is 26.0. The molecule has 0 bridgehead atoms. The van der Waals surface area contributed by atoms with Crippen molar-refractivity contribution in [3.05, 3.63) is 72.7 Å². The van der Waals surface area contributed by atoms with Crippen molar-refractivity contribution in [1.82, 2.24) is 49.9 Å². The van der Waals surface area contributed by atoms with Gasteiger partial charge >= 0.3 is 6.09 Å². The van der Waals surface area contributed by atoms with Crippen LogP contribution in [0, 0.1) is 5.92 Å². The third-order valence-electron chi connectivity index (χ3n) is 10.4. The van der Waals surface area contributed by atoms with Crippen LogP contribution >= 0.6 is 0 Å². The number of fused-ring (bicyclic) bond motifs is 1. The van der Waals surface area contributed by atoms with Gasteiger partial charge in [0.25, 0.3) is 0 Å². The van der Waals surface area contributed by atoms with Crippen LogP contribution in [0.2, 0.25) is 0 Å². The quantitative estimate of drug-likeness (QED) is 0.150. The predicted molar refractivity (Wildman–Crippen MR) is 201 cm³/mol. The second-order valence-electron chi connectivity index (χ2n) is 14.3. The van der Waals surface area contributed by atoms with Gasteiger partial charge in [-0.3, -0.25) is 24.3 Å². The molecule has 5 heterocycles. The fourth-order valence-corrected chi connectivity index (χ4v) is 7.59. The van der Waals surface area contributed by atoms with Crippen molar-refractivity contribution >= 4 is 34.8 Å². The molecular weight excluding hydrogens is 688 g/mol. The smallest absolute Gasteiger partial charge is 0.407 e. The van der Waals surface area contributed by atoms with Gasteiger partial charge in [0.15, 0.2) is 0 Å². The lowest BCUT2D eigenvalue weighted by atomic mass is 10.0. The molecule has 54 heavy (non-hydrogen) atoms. The Morgan fingerprint density at radius 1 is 0.870 bits per heavy atom. The monoisotopic (exact) mass is 732 g/mol. The highest BCUT2D eigenvalue weighted by Gasteiger charge is 2.39. The summed E-state index contributed by atoms with van der Waals surface area (Å²) in [6.07, 6.45) is 7.44. The van der Waals surface area contributed by atoms with E-state index < -0.39 is 12.1 Å². The van der Waals surface area contributed by atoms with Gasteiger partial charge in [0, 0.05) is 49.9 Å². The van der Waals surface area contributed by atoms with E-state index in [2.05, 4.69) is 20.3 Å². The molecule has 15 heteroatoms. The van der Waals surface area contributed by atoms with Gasteiger partial charge in [0.2, 0.25) is 17.7 Å². The Morgan fingerprint density at radius 2 is 1.54 bits per heavy atom. The summed E-state index contributed by atoms with van der Waals surface area (Å²) in [4.78, 5) is 79.7. The third-order valence-corrected chi connectivity index (χ3v) is 10.4. The number of H-pyrrole nitrogens is 2. The Kier molecular flexibility index (Phi) is 10.1. The number of carboxylic acid groups (broad SMARTS) is 1. The molecule has 2 aliphatic heterocycles. The van der Waals surface area contributed by atoms with Crippen LogP contribution in [-0.4, -0.2) is 106 Å². The summed E-state index contributed by atoms with van der Waals surface area (Å²) in [6, 6.07) is 12.6. The topological polar surface area (TPSA) is 193 Å². The highest BCUT2D eigenvalue weighted by molar-refractivity contribution is 5.86. The van der Waals surface area contributed by atoms with Gasteiger partial charge in [-0.15, -0.1) is 0 Å². The SMILES string of the molecule is CC(=O)NCC(=O)N1CCC[C@H]1c1ncc(-c2ccc3nc(-c4ccc(-c5c[nH]c([C@@H]6CCCN6C(=O)[C@H](C(C)C)N(C)C(=O)O)n5)cc4)cnc3c2)[nH]1. The van der Waals surface area contributed by atoms with Crippen LogP contribution in [0.5, 0.6) is 0 Å². The van der Waals surface area contributed by atoms with Crippen LogP contribution in [0.4, 0.5) is 4.79 Å². The van der Waals surface area contributed by atoms with E-state index in [-0.39, 0.29) is 42.3 Å². The Bertz CT molecular complexity index is 2190. The first-order valence-corrected chi connectivity index (χ1v) is 18.3. The highest BCUT2D eigenvalue weighted by atomic mass is 16.4. The second kappa shape index (κ2) is 15.1. The number of likely N-dealkylation sites (N-methyl/N-ethyl adjacent to an activating group) is 1. The number of imidazole rings is 2. The molecule has 2 fully saturated rings. The molecule has 0 spiro atoms. The molecule has 280 valence electrons. The van der Waals surface area contributed by atoms with Crippen molar-refractivity contribution < 1.29 is 24.3 Å². The number of carbonyl (C=O) groups excluding carboxylic acids is 3. The lowest BCUT2D eigenvalue weighted by molar-refractivity contribution is -0.138. The Hall–Kier alpha value is -6.12. The number of nitrogens with one attached hydrogen (secondary N) is 3. The minimum absolute atomic E-state index is 0.0271. The van der Waals surface area contributed by atoms with Crippen LogP contribution in [0.1, 0.15) is 70.2 Å². The molecule has 0 aliphatic carbocycles. The number of carbonyl (C=O) groups is 4. The van der Waals surface area contributed by atoms with Crippen LogP contribution in [0.3, 0.4) is 0 Å². The number of nitrogens with zero attached hydrogens (tertiary/aromatic N) is 7. The van der Waals surface area contributed by atoms with Crippen molar-refractivity contribution in [2.24, 2.45) is 5.92 Å². The molecular formula is C39H44N10O5. The Morgan fingerprint density at radius 3 is 2.22 bits per heavy atom. The van der Waals surface area contributed by atoms with Gasteiger partial charge in [-0.2, -0.15) is 0 Å². The number of rotatable bonds is 10. The fourth-order valence-electron chi connectivity index (χ4n) is 7.59. The van der Waals surface area contributed by atoms with Crippen LogP contribution < -0.4 is 5.32 Å². The molecule has 2 saturated heterocycles. The highest BCUT2D eigenvalue weighted by Crippen LogP contribution is 2.35. The van der Waals surface area contributed by atoms with Gasteiger partial charge in [-0.05, 0) is 43.7 Å². The minimum atomic E-state index is -1.13. The second-order valence-corrected chi connectivity index (χ2v) is 14.3. The van der Waals surface area contributed by atoms with Crippen molar-refractivity contribution in [3.63, 3.8) is 0 Å². The summed E-state index contributed by atoms with van der Waals surface area (Å²) in [6.45, 7) is 6.26. The summed E-state index contributed by atoms with van der Waals surface area (Å²) in [5, 5.41) is 12.2. The first kappa shape index (κ1) is 36.2. The summed E-state index contributed by atoms with van der Waals surface area (Å²) in [5.41, 5.74) is 6.46. The van der Waals surface area contributed by atoms with E-state index in [1.165, 1.54) is 14.0 Å². The normalized spacial score (nSPS) is 17.6. The molecule has 3 aromatic heterocycles. The largest absolute Gasteiger partial charge is 0.465 e. The fraction of sp³-hybridized carbons (Fsp3) is 0.385. The molecule has 5 aromatic rings. The average Bonchev–Trinajstić information content (AvgIpc) is 4.00. The molecule has 4 amide bonds. The number of likely N-dealkylation sites (tertiary alicyclic amines) is 2. The number of hydrogen-bond donors (Lipinski definition) is 4. The standard InChI is InChI=1S/C39H44N10O5/c1-22(2)35(47(4)39(53)54)38(52)49-16-6-8-33(49)37-42-19-30(45-37)25-11-9-24(10-12-25)29-18-41-28-17-26(13-14-27(28)44-29)31-20-43-36(46-31)32-7-5-15-48(32)34(51)21-40-23(3)50/h9-14,17-20,22,32-33,35H,5-8,15-16,21H2,1-4H3,(H,40,50)(H,42,45)(H,43,46)(H,53,54)/t32-,33-,35-/m0/s1. The van der Waals surface area contributed by atoms with E-state index in [0.717, 1.165) is 75.4 Å². The van der Waals surface area contributed by atoms with E-state index in [1.807, 2.05) is 62.5 Å². The van der Waals surface area contributed by atoms with Gasteiger partial charge in [-0.1, -0.05) is 44.2 Å². The molecule has 0 unspecified atom stereocenters. The number of benzene rings is 2. The molecule has 2 aliphatic rings. The lowest BCUT2D eigenvalue weighted by Crippen LogP contribution is -2.51. The molecule has 4 N–H and O–H groups in total. The Balaban J connectivity index is 1.03. The summed E-state index contributed by atoms with van der Waals surface area (Å²) >= 11 is 0. The van der Waals surface area contributed by atoms with Crippen molar-refractivity contribution in [1.29, 1.82) is 0 Å². The van der Waals surface area contributed by atoms with Crippen LogP contribution in [0.25, 0.3) is 44.8 Å². The molecule has 15 nitrogen and oxygen atoms in total. The van der Waals surface area contributed by atoms with E-state index in [9.17, 15) is 24.3 Å². The van der Waals surface area contributed by atoms with E-state index in [1.54, 1.807) is 22.2 Å². The average molecular weight is 733 g/mol. The molecule has 0 radical (unpaired) electrons. The van der Waals surface area contributed by atoms with E-state index in [0.29, 0.717) is 24.7 Å². The summed E-state index contributed by atoms with van der Waals surface area (Å²) < 4.78 is 0. The van der Waals surface area contributed by atoms with Crippen LogP contribution in [-0.2, 0) is 14.4 Å². The minimum Gasteiger partial charge on any atom is -0.465 e. The van der Waals surface area contributed by atoms with Gasteiger partial charge in [-0.25, -0.2) is 19.7 Å². The zero-order chi connectivity index (χ0) is 38.1. The molecule has 2 aromatic carbocycles. The number of aromatic amines is 2.